The van der Waals surface area contributed by atoms with E-state index in [1.165, 1.54) is 30.3 Å². The maximum atomic E-state index is 13.3. The summed E-state index contributed by atoms with van der Waals surface area (Å²) in [5.74, 6) is -1.03. The first-order valence-corrected chi connectivity index (χ1v) is 11.9. The van der Waals surface area contributed by atoms with E-state index in [2.05, 4.69) is 5.32 Å². The number of halogens is 1. The van der Waals surface area contributed by atoms with Crippen molar-refractivity contribution in [3.8, 4) is 0 Å². The van der Waals surface area contributed by atoms with Crippen molar-refractivity contribution in [2.45, 2.75) is 18.7 Å². The Labute approximate surface area is 198 Å². The van der Waals surface area contributed by atoms with E-state index in [1.807, 2.05) is 0 Å². The van der Waals surface area contributed by atoms with E-state index in [1.54, 1.807) is 56.3 Å². The van der Waals surface area contributed by atoms with Gasteiger partial charge in [0.15, 0.2) is 0 Å². The predicted octanol–water partition coefficient (Wildman–Crippen LogP) is 4.66. The first-order valence-electron chi connectivity index (χ1n) is 10.1. The smallest absolute Gasteiger partial charge is 0.338 e. The summed E-state index contributed by atoms with van der Waals surface area (Å²) in [6, 6.07) is 18.8. The van der Waals surface area contributed by atoms with Gasteiger partial charge in [0.05, 0.1) is 22.8 Å². The Morgan fingerprint density at radius 2 is 1.67 bits per heavy atom. The fourth-order valence-corrected chi connectivity index (χ4v) is 4.62. The molecule has 1 N–H and O–H groups in total. The highest BCUT2D eigenvalue weighted by molar-refractivity contribution is 7.92. The van der Waals surface area contributed by atoms with Crippen molar-refractivity contribution in [2.24, 2.45) is 0 Å². The van der Waals surface area contributed by atoms with Gasteiger partial charge < -0.3 is 10.1 Å². The van der Waals surface area contributed by atoms with E-state index in [4.69, 9.17) is 16.3 Å². The number of nitrogens with zero attached hydrogens (tertiary/aromatic N) is 1. The molecule has 0 saturated carbocycles. The highest BCUT2D eigenvalue weighted by Gasteiger charge is 2.27. The van der Waals surface area contributed by atoms with Gasteiger partial charge in [-0.05, 0) is 67.9 Å². The van der Waals surface area contributed by atoms with E-state index >= 15 is 0 Å². The normalized spacial score (nSPS) is 11.0. The summed E-state index contributed by atoms with van der Waals surface area (Å²) in [7, 11) is -4.04. The number of benzene rings is 3. The second-order valence-electron chi connectivity index (χ2n) is 7.10. The van der Waals surface area contributed by atoms with Crippen LogP contribution in [0.1, 0.15) is 22.8 Å². The molecular weight excluding hydrogens is 464 g/mol. The van der Waals surface area contributed by atoms with E-state index in [0.29, 0.717) is 16.3 Å². The second-order valence-corrected chi connectivity index (χ2v) is 9.37. The zero-order chi connectivity index (χ0) is 24.0. The number of hydrogen-bond acceptors (Lipinski definition) is 5. The van der Waals surface area contributed by atoms with Crippen LogP contribution in [0.5, 0.6) is 0 Å². The SMILES string of the molecule is CCOC(=O)c1ccc(NC(=O)CN(c2ccc(C)c(Cl)c2)S(=O)(=O)c2ccccc2)cc1. The number of esters is 1. The molecule has 0 fully saturated rings. The number of aryl methyl sites for hydroxylation is 1. The Bertz CT molecular complexity index is 1250. The summed E-state index contributed by atoms with van der Waals surface area (Å²) < 4.78 is 32.6. The highest BCUT2D eigenvalue weighted by Crippen LogP contribution is 2.28. The Balaban J connectivity index is 1.86. The number of nitrogens with one attached hydrogen (secondary N) is 1. The fourth-order valence-electron chi connectivity index (χ4n) is 3.01. The van der Waals surface area contributed by atoms with Crippen LogP contribution in [-0.4, -0.2) is 33.4 Å². The number of ether oxygens (including phenoxy) is 1. The van der Waals surface area contributed by atoms with Crippen LogP contribution in [0.2, 0.25) is 5.02 Å². The van der Waals surface area contributed by atoms with E-state index < -0.39 is 28.4 Å². The molecule has 0 radical (unpaired) electrons. The van der Waals surface area contributed by atoms with E-state index in [9.17, 15) is 18.0 Å². The third kappa shape index (κ3) is 5.91. The molecule has 9 heteroatoms. The summed E-state index contributed by atoms with van der Waals surface area (Å²) in [6.07, 6.45) is 0. The molecule has 3 aromatic rings. The molecule has 3 rings (SSSR count). The number of anilines is 2. The number of carbonyl (C=O) groups excluding carboxylic acids is 2. The molecule has 7 nitrogen and oxygen atoms in total. The number of carbonyl (C=O) groups is 2. The summed E-state index contributed by atoms with van der Waals surface area (Å²) in [4.78, 5) is 24.6. The van der Waals surface area contributed by atoms with Crippen LogP contribution < -0.4 is 9.62 Å². The lowest BCUT2D eigenvalue weighted by Gasteiger charge is -2.24. The maximum absolute atomic E-state index is 13.3. The van der Waals surface area contributed by atoms with Gasteiger partial charge in [0, 0.05) is 10.7 Å². The molecule has 0 aromatic heterocycles. The molecule has 0 aliphatic rings. The number of amides is 1. The Morgan fingerprint density at radius 1 is 1.00 bits per heavy atom. The van der Waals surface area contributed by atoms with Gasteiger partial charge in [-0.2, -0.15) is 0 Å². The topological polar surface area (TPSA) is 92.8 Å². The van der Waals surface area contributed by atoms with Gasteiger partial charge in [0.25, 0.3) is 10.0 Å². The van der Waals surface area contributed by atoms with Crippen molar-refractivity contribution in [1.29, 1.82) is 0 Å². The zero-order valence-corrected chi connectivity index (χ0v) is 19.7. The summed E-state index contributed by atoms with van der Waals surface area (Å²) in [5.41, 5.74) is 1.80. The van der Waals surface area contributed by atoms with Crippen LogP contribution >= 0.6 is 11.6 Å². The van der Waals surface area contributed by atoms with Gasteiger partial charge in [-0.15, -0.1) is 0 Å². The van der Waals surface area contributed by atoms with Gasteiger partial charge in [-0.25, -0.2) is 13.2 Å². The fraction of sp³-hybridized carbons (Fsp3) is 0.167. The van der Waals surface area contributed by atoms with Crippen molar-refractivity contribution in [3.05, 3.63) is 88.9 Å². The third-order valence-corrected chi connectivity index (χ3v) is 6.94. The van der Waals surface area contributed by atoms with Crippen LogP contribution in [0.3, 0.4) is 0 Å². The molecule has 0 spiro atoms. The third-order valence-electron chi connectivity index (χ3n) is 4.74. The number of sulfonamides is 1. The monoisotopic (exact) mass is 486 g/mol. The zero-order valence-electron chi connectivity index (χ0n) is 18.1. The summed E-state index contributed by atoms with van der Waals surface area (Å²) in [5, 5.41) is 3.04. The van der Waals surface area contributed by atoms with Crippen LogP contribution in [0.15, 0.2) is 77.7 Å². The predicted molar refractivity (Wildman–Crippen MR) is 128 cm³/mol. The molecular formula is C24H23ClN2O5S. The minimum atomic E-state index is -4.04. The van der Waals surface area contributed by atoms with Gasteiger partial charge >= 0.3 is 5.97 Å². The van der Waals surface area contributed by atoms with Crippen LogP contribution in [0, 0.1) is 6.92 Å². The summed E-state index contributed by atoms with van der Waals surface area (Å²) >= 11 is 6.22. The highest BCUT2D eigenvalue weighted by atomic mass is 35.5. The Kier molecular flexibility index (Phi) is 7.73. The lowest BCUT2D eigenvalue weighted by atomic mass is 10.2. The number of hydrogen-bond donors (Lipinski definition) is 1. The van der Waals surface area contributed by atoms with E-state index in [0.717, 1.165) is 9.87 Å². The van der Waals surface area contributed by atoms with Gasteiger partial charge in [0.2, 0.25) is 5.91 Å². The van der Waals surface area contributed by atoms with Crippen LogP contribution in [-0.2, 0) is 19.6 Å². The minimum absolute atomic E-state index is 0.0493. The molecule has 0 unspecified atom stereocenters. The molecule has 0 saturated heterocycles. The first-order chi connectivity index (χ1) is 15.7. The lowest BCUT2D eigenvalue weighted by molar-refractivity contribution is -0.114. The summed E-state index contributed by atoms with van der Waals surface area (Å²) in [6.45, 7) is 3.29. The quantitative estimate of drug-likeness (QED) is 0.467. The average Bonchev–Trinajstić information content (AvgIpc) is 2.80. The van der Waals surface area contributed by atoms with Crippen molar-refractivity contribution in [3.63, 3.8) is 0 Å². The van der Waals surface area contributed by atoms with Gasteiger partial charge in [0.1, 0.15) is 6.54 Å². The van der Waals surface area contributed by atoms with Crippen LogP contribution in [0.4, 0.5) is 11.4 Å². The molecule has 3 aromatic carbocycles. The molecule has 1 amide bonds. The van der Waals surface area contributed by atoms with E-state index in [-0.39, 0.29) is 17.2 Å². The second kappa shape index (κ2) is 10.5. The first kappa shape index (κ1) is 24.3. The average molecular weight is 487 g/mol. The molecule has 0 aliphatic carbocycles. The van der Waals surface area contributed by atoms with Gasteiger partial charge in [-0.1, -0.05) is 35.9 Å². The largest absolute Gasteiger partial charge is 0.462 e. The Morgan fingerprint density at radius 3 is 2.27 bits per heavy atom. The molecule has 172 valence electrons. The Hall–Kier alpha value is -3.36. The van der Waals surface area contributed by atoms with Crippen molar-refractivity contribution >= 4 is 44.9 Å². The standard InChI is InChI=1S/C24H23ClN2O5S/c1-3-32-24(29)18-10-12-19(13-11-18)26-23(28)16-27(20-14-9-17(2)22(25)15-20)33(30,31)21-7-5-4-6-8-21/h4-15H,3,16H2,1-2H3,(H,26,28). The maximum Gasteiger partial charge on any atom is 0.338 e. The lowest BCUT2D eigenvalue weighted by Crippen LogP contribution is -2.38. The molecule has 0 heterocycles. The van der Waals surface area contributed by atoms with Gasteiger partial charge in [-0.3, -0.25) is 9.10 Å². The molecule has 33 heavy (non-hydrogen) atoms. The number of rotatable bonds is 8. The molecule has 0 bridgehead atoms. The van der Waals surface area contributed by atoms with Crippen molar-refractivity contribution < 1.29 is 22.7 Å². The molecule has 0 atom stereocenters. The minimum Gasteiger partial charge on any atom is -0.462 e. The van der Waals surface area contributed by atoms with Crippen molar-refractivity contribution in [2.75, 3.05) is 22.8 Å². The van der Waals surface area contributed by atoms with Crippen molar-refractivity contribution in [1.82, 2.24) is 0 Å². The molecule has 0 aliphatic heterocycles. The van der Waals surface area contributed by atoms with Crippen LogP contribution in [0.25, 0.3) is 0 Å².